The van der Waals surface area contributed by atoms with Crippen molar-refractivity contribution in [3.05, 3.63) is 65.2 Å². The highest BCUT2D eigenvalue weighted by molar-refractivity contribution is 7.99. The minimum absolute atomic E-state index is 0.146. The molecule has 2 aromatic carbocycles. The van der Waals surface area contributed by atoms with Crippen molar-refractivity contribution in [2.24, 2.45) is 0 Å². The number of benzene rings is 2. The Morgan fingerprint density at radius 1 is 1.05 bits per heavy atom. The van der Waals surface area contributed by atoms with Gasteiger partial charge >= 0.3 is 0 Å². The molecule has 0 spiro atoms. The first-order valence-corrected chi connectivity index (χ1v) is 7.37. The molecule has 0 aliphatic carbocycles. The third kappa shape index (κ3) is 1.61. The lowest BCUT2D eigenvalue weighted by atomic mass is 9.98. The van der Waals surface area contributed by atoms with Gasteiger partial charge in [-0.1, -0.05) is 48.2 Å². The number of nitrogens with zero attached hydrogens (tertiary/aromatic N) is 1. The average molecular weight is 267 g/mol. The van der Waals surface area contributed by atoms with Crippen LogP contribution in [0.5, 0.6) is 0 Å². The summed E-state index contributed by atoms with van der Waals surface area (Å²) in [5, 5.41) is 0.146. The number of amides is 1. The van der Waals surface area contributed by atoms with Gasteiger partial charge in [0, 0.05) is 11.4 Å². The molecule has 0 bridgehead atoms. The quantitative estimate of drug-likeness (QED) is 0.728. The first kappa shape index (κ1) is 11.1. The van der Waals surface area contributed by atoms with Gasteiger partial charge in [-0.15, -0.1) is 0 Å². The minimum Gasteiger partial charge on any atom is -0.322 e. The van der Waals surface area contributed by atoms with Crippen LogP contribution in [0.25, 0.3) is 0 Å². The topological polar surface area (TPSA) is 20.3 Å². The molecule has 4 rings (SSSR count). The Balaban J connectivity index is 1.85. The molecule has 2 heterocycles. The molecule has 0 saturated heterocycles. The van der Waals surface area contributed by atoms with Gasteiger partial charge in [0.05, 0.1) is 5.56 Å². The lowest BCUT2D eigenvalue weighted by Gasteiger charge is -2.40. The monoisotopic (exact) mass is 267 g/mol. The van der Waals surface area contributed by atoms with Crippen molar-refractivity contribution in [1.29, 1.82) is 0 Å². The Bertz CT molecular complexity index is 667. The summed E-state index contributed by atoms with van der Waals surface area (Å²) in [5.41, 5.74) is 3.52. The second-order valence-electron chi connectivity index (χ2n) is 4.91. The maximum Gasteiger partial charge on any atom is 0.256 e. The van der Waals surface area contributed by atoms with Crippen LogP contribution in [0.3, 0.4) is 0 Å². The first-order valence-electron chi connectivity index (χ1n) is 6.49. The largest absolute Gasteiger partial charge is 0.322 e. The fourth-order valence-corrected chi connectivity index (χ4v) is 4.25. The number of fused-ring (bicyclic) bond motifs is 4. The van der Waals surface area contributed by atoms with Gasteiger partial charge in [-0.25, -0.2) is 0 Å². The molecule has 1 atom stereocenters. The van der Waals surface area contributed by atoms with E-state index in [2.05, 4.69) is 24.3 Å². The maximum atomic E-state index is 12.6. The van der Waals surface area contributed by atoms with Crippen molar-refractivity contribution in [3.8, 4) is 0 Å². The third-order valence-corrected chi connectivity index (χ3v) is 5.18. The van der Waals surface area contributed by atoms with Crippen LogP contribution in [-0.2, 0) is 6.42 Å². The van der Waals surface area contributed by atoms with Crippen molar-refractivity contribution in [2.45, 2.75) is 16.7 Å². The second-order valence-corrected chi connectivity index (χ2v) is 6.04. The normalized spacial score (nSPS) is 20.5. The minimum atomic E-state index is 0.146. The molecule has 19 heavy (non-hydrogen) atoms. The molecule has 0 N–H and O–H groups in total. The van der Waals surface area contributed by atoms with Gasteiger partial charge in [0.25, 0.3) is 5.91 Å². The molecule has 2 aromatic rings. The van der Waals surface area contributed by atoms with Crippen LogP contribution in [-0.4, -0.2) is 17.4 Å². The molecule has 1 unspecified atom stereocenters. The van der Waals surface area contributed by atoms with E-state index in [0.717, 1.165) is 23.4 Å². The van der Waals surface area contributed by atoms with Crippen LogP contribution in [0.2, 0.25) is 0 Å². The lowest BCUT2D eigenvalue weighted by molar-refractivity contribution is 0.0716. The van der Waals surface area contributed by atoms with Crippen LogP contribution in [0.15, 0.2) is 53.4 Å². The van der Waals surface area contributed by atoms with E-state index in [1.54, 1.807) is 11.8 Å². The van der Waals surface area contributed by atoms with Gasteiger partial charge in [-0.3, -0.25) is 4.79 Å². The van der Waals surface area contributed by atoms with Gasteiger partial charge in [-0.2, -0.15) is 0 Å². The third-order valence-electron chi connectivity index (χ3n) is 3.84. The molecule has 0 fully saturated rings. The summed E-state index contributed by atoms with van der Waals surface area (Å²) >= 11 is 1.79. The Kier molecular flexibility index (Phi) is 2.42. The van der Waals surface area contributed by atoms with Gasteiger partial charge in [0.15, 0.2) is 0 Å². The molecule has 0 saturated carbocycles. The maximum absolute atomic E-state index is 12.6. The molecule has 94 valence electrons. The second kappa shape index (κ2) is 4.14. The SMILES string of the molecule is O=C1c2ccccc2SC2c3ccccc3CCN12. The molecular formula is C16H13NOS. The van der Waals surface area contributed by atoms with Crippen molar-refractivity contribution in [2.75, 3.05) is 6.54 Å². The zero-order chi connectivity index (χ0) is 12.8. The molecule has 2 nitrogen and oxygen atoms in total. The zero-order valence-corrected chi connectivity index (χ0v) is 11.2. The van der Waals surface area contributed by atoms with E-state index in [0.29, 0.717) is 0 Å². The fourth-order valence-electron chi connectivity index (χ4n) is 2.89. The van der Waals surface area contributed by atoms with Crippen molar-refractivity contribution < 1.29 is 4.79 Å². The molecule has 0 radical (unpaired) electrons. The number of carbonyl (C=O) groups is 1. The van der Waals surface area contributed by atoms with E-state index < -0.39 is 0 Å². The lowest BCUT2D eigenvalue weighted by Crippen LogP contribution is -2.41. The summed E-state index contributed by atoms with van der Waals surface area (Å²) in [6.45, 7) is 0.821. The van der Waals surface area contributed by atoms with Crippen LogP contribution in [0.4, 0.5) is 0 Å². The van der Waals surface area contributed by atoms with E-state index in [4.69, 9.17) is 0 Å². The molecule has 1 amide bonds. The Morgan fingerprint density at radius 2 is 1.84 bits per heavy atom. The standard InChI is InChI=1S/C16H13NOS/c18-15-13-7-3-4-8-14(13)19-16-12-6-2-1-5-11(12)9-10-17(15)16/h1-8,16H,9-10H2. The summed E-state index contributed by atoms with van der Waals surface area (Å²) in [6, 6.07) is 16.4. The van der Waals surface area contributed by atoms with Crippen LogP contribution in [0, 0.1) is 0 Å². The van der Waals surface area contributed by atoms with Crippen LogP contribution in [0.1, 0.15) is 26.9 Å². The summed E-state index contributed by atoms with van der Waals surface area (Å²) < 4.78 is 0. The first-order chi connectivity index (χ1) is 9.34. The average Bonchev–Trinajstić information content (AvgIpc) is 2.47. The summed E-state index contributed by atoms with van der Waals surface area (Å²) in [7, 11) is 0. The van der Waals surface area contributed by atoms with Crippen molar-refractivity contribution in [1.82, 2.24) is 4.90 Å². The number of rotatable bonds is 0. The van der Waals surface area contributed by atoms with Gasteiger partial charge in [0.2, 0.25) is 0 Å². The van der Waals surface area contributed by atoms with Gasteiger partial charge < -0.3 is 4.90 Å². The highest BCUT2D eigenvalue weighted by Gasteiger charge is 2.36. The number of thioether (sulfide) groups is 1. The summed E-state index contributed by atoms with van der Waals surface area (Å²) in [6.07, 6.45) is 0.959. The predicted octanol–water partition coefficient (Wildman–Crippen LogP) is 3.49. The number of hydrogen-bond donors (Lipinski definition) is 0. The van der Waals surface area contributed by atoms with E-state index in [1.807, 2.05) is 29.2 Å². The number of carbonyl (C=O) groups excluding carboxylic acids is 1. The van der Waals surface area contributed by atoms with Crippen molar-refractivity contribution in [3.63, 3.8) is 0 Å². The van der Waals surface area contributed by atoms with Crippen LogP contribution >= 0.6 is 11.8 Å². The molecular weight excluding hydrogens is 254 g/mol. The smallest absolute Gasteiger partial charge is 0.256 e. The molecule has 3 heteroatoms. The molecule has 0 aromatic heterocycles. The highest BCUT2D eigenvalue weighted by atomic mass is 32.2. The van der Waals surface area contributed by atoms with Gasteiger partial charge in [-0.05, 0) is 29.7 Å². The van der Waals surface area contributed by atoms with E-state index >= 15 is 0 Å². The summed E-state index contributed by atoms with van der Waals surface area (Å²) in [5.74, 6) is 0.175. The van der Waals surface area contributed by atoms with Crippen LogP contribution < -0.4 is 0 Å². The Labute approximate surface area is 116 Å². The number of hydrogen-bond acceptors (Lipinski definition) is 2. The zero-order valence-electron chi connectivity index (χ0n) is 10.4. The molecule has 2 aliphatic heterocycles. The fraction of sp³-hybridized carbons (Fsp3) is 0.188. The van der Waals surface area contributed by atoms with E-state index in [9.17, 15) is 4.79 Å². The summed E-state index contributed by atoms with van der Waals surface area (Å²) in [4.78, 5) is 15.7. The Morgan fingerprint density at radius 3 is 2.79 bits per heavy atom. The Hall–Kier alpha value is -1.74. The van der Waals surface area contributed by atoms with Crippen molar-refractivity contribution >= 4 is 17.7 Å². The van der Waals surface area contributed by atoms with E-state index in [-0.39, 0.29) is 11.3 Å². The van der Waals surface area contributed by atoms with Gasteiger partial charge in [0.1, 0.15) is 5.37 Å². The highest BCUT2D eigenvalue weighted by Crippen LogP contribution is 2.47. The van der Waals surface area contributed by atoms with E-state index in [1.165, 1.54) is 11.1 Å². The predicted molar refractivity (Wildman–Crippen MR) is 76.2 cm³/mol. The molecule has 2 aliphatic rings.